The fraction of sp³-hybridized carbons (Fsp3) is 0.524. The molecule has 0 atom stereocenters. The molecule has 2 fully saturated rings. The Bertz CT molecular complexity index is 1090. The quantitative estimate of drug-likeness (QED) is 0.486. The van der Waals surface area contributed by atoms with Crippen molar-refractivity contribution in [1.29, 1.82) is 0 Å². The molecule has 2 aliphatic rings. The van der Waals surface area contributed by atoms with E-state index in [1.54, 1.807) is 15.6 Å². The summed E-state index contributed by atoms with van der Waals surface area (Å²) in [6, 6.07) is 2.28. The van der Waals surface area contributed by atoms with Crippen LogP contribution >= 0.6 is 12.8 Å². The number of nitrogens with zero attached hydrogens (tertiary/aromatic N) is 6. The number of hydrogen-bond donors (Lipinski definition) is 3. The Morgan fingerprint density at radius 1 is 1.21 bits per heavy atom. The first-order valence-corrected chi connectivity index (χ1v) is 11.6. The normalized spacial score (nSPS) is 18.5. The third-order valence-corrected chi connectivity index (χ3v) is 6.63. The maximum absolute atomic E-state index is 11.8. The number of carbonyl (C=O) groups excluding carboxylic acids is 1. The predicted molar refractivity (Wildman–Crippen MR) is 125 cm³/mol. The average Bonchev–Trinajstić information content (AvgIpc) is 3.51. The van der Waals surface area contributed by atoms with E-state index in [0.717, 1.165) is 37.1 Å². The van der Waals surface area contributed by atoms with Gasteiger partial charge in [0.15, 0.2) is 11.4 Å². The second-order valence-electron chi connectivity index (χ2n) is 8.40. The smallest absolute Gasteiger partial charge is 0.409 e. The highest BCUT2D eigenvalue weighted by atomic mass is 32.1. The van der Waals surface area contributed by atoms with E-state index in [2.05, 4.69) is 33.4 Å². The lowest BCUT2D eigenvalue weighted by atomic mass is 10.1. The molecule has 0 aromatic carbocycles. The number of H-pyrrole nitrogens is 1. The van der Waals surface area contributed by atoms with Crippen LogP contribution in [0.3, 0.4) is 0 Å². The average molecular weight is 473 g/mol. The number of fused-ring (bicyclic) bond motifs is 1. The molecule has 12 heteroatoms. The van der Waals surface area contributed by atoms with Crippen LogP contribution in [-0.2, 0) is 4.74 Å². The fourth-order valence-electron chi connectivity index (χ4n) is 4.37. The van der Waals surface area contributed by atoms with Crippen LogP contribution in [0.25, 0.3) is 16.8 Å². The third-order valence-electron chi connectivity index (χ3n) is 6.23. The molecule has 11 nitrogen and oxygen atoms in total. The van der Waals surface area contributed by atoms with Crippen LogP contribution in [0.1, 0.15) is 25.7 Å². The number of anilines is 1. The lowest BCUT2D eigenvalue weighted by Gasteiger charge is -2.31. The van der Waals surface area contributed by atoms with E-state index < -0.39 is 0 Å². The van der Waals surface area contributed by atoms with E-state index in [1.807, 2.05) is 22.8 Å². The van der Waals surface area contributed by atoms with Crippen molar-refractivity contribution in [2.75, 3.05) is 38.6 Å². The third kappa shape index (κ3) is 4.71. The molecule has 0 radical (unpaired) electrons. The molecular formula is C21H28N8O3S. The van der Waals surface area contributed by atoms with Crippen molar-refractivity contribution in [3.05, 3.63) is 24.7 Å². The molecule has 176 valence electrons. The molecule has 0 bridgehead atoms. The Kier molecular flexibility index (Phi) is 6.27. The van der Waals surface area contributed by atoms with Crippen LogP contribution in [0, 0.1) is 0 Å². The van der Waals surface area contributed by atoms with Gasteiger partial charge in [-0.25, -0.2) is 9.31 Å². The van der Waals surface area contributed by atoms with E-state index in [0.29, 0.717) is 49.3 Å². The Morgan fingerprint density at radius 2 is 2.00 bits per heavy atom. The molecule has 1 amide bonds. The van der Waals surface area contributed by atoms with Gasteiger partial charge in [0, 0.05) is 68.6 Å². The molecule has 2 saturated heterocycles. The van der Waals surface area contributed by atoms with Crippen LogP contribution in [0.15, 0.2) is 24.7 Å². The molecule has 0 spiro atoms. The zero-order valence-electron chi connectivity index (χ0n) is 18.5. The minimum Gasteiger partial charge on any atom is -0.486 e. The van der Waals surface area contributed by atoms with Crippen molar-refractivity contribution < 1.29 is 14.3 Å². The van der Waals surface area contributed by atoms with Crippen molar-refractivity contribution >= 4 is 30.5 Å². The molecule has 0 aliphatic carbocycles. The number of aromatic amines is 1. The monoisotopic (exact) mass is 472 g/mol. The van der Waals surface area contributed by atoms with Gasteiger partial charge in [-0.05, 0) is 18.9 Å². The number of pyridine rings is 1. The maximum Gasteiger partial charge on any atom is 0.409 e. The molecule has 2 aliphatic heterocycles. The van der Waals surface area contributed by atoms with E-state index in [1.165, 1.54) is 7.11 Å². The number of piperidine rings is 2. The van der Waals surface area contributed by atoms with Crippen molar-refractivity contribution in [2.24, 2.45) is 0 Å². The molecular weight excluding hydrogens is 444 g/mol. The van der Waals surface area contributed by atoms with Gasteiger partial charge in [-0.2, -0.15) is 10.1 Å². The van der Waals surface area contributed by atoms with Crippen LogP contribution < -0.4 is 10.1 Å². The summed E-state index contributed by atoms with van der Waals surface area (Å²) in [4.78, 5) is 18.3. The van der Waals surface area contributed by atoms with Gasteiger partial charge in [-0.1, -0.05) is 12.8 Å². The second-order valence-corrected chi connectivity index (χ2v) is 8.96. The Balaban J connectivity index is 1.40. The van der Waals surface area contributed by atoms with Gasteiger partial charge >= 0.3 is 6.09 Å². The minimum atomic E-state index is -0.299. The lowest BCUT2D eigenvalue weighted by molar-refractivity contribution is 0.0796. The van der Waals surface area contributed by atoms with Gasteiger partial charge in [0.1, 0.15) is 6.10 Å². The number of nitrogens with one attached hydrogen (secondary N) is 2. The number of thiol groups is 1. The summed E-state index contributed by atoms with van der Waals surface area (Å²) in [5, 5.41) is 15.1. The van der Waals surface area contributed by atoms with Crippen molar-refractivity contribution in [3.8, 4) is 16.9 Å². The highest BCUT2D eigenvalue weighted by Crippen LogP contribution is 2.35. The first-order chi connectivity index (χ1) is 16.1. The summed E-state index contributed by atoms with van der Waals surface area (Å²) >= 11 is 4.43. The van der Waals surface area contributed by atoms with Gasteiger partial charge in [-0.3, -0.25) is 9.40 Å². The van der Waals surface area contributed by atoms with Gasteiger partial charge < -0.3 is 19.7 Å². The van der Waals surface area contributed by atoms with Gasteiger partial charge in [0.25, 0.3) is 0 Å². The summed E-state index contributed by atoms with van der Waals surface area (Å²) in [5.74, 6) is 1.25. The Labute approximate surface area is 197 Å². The number of rotatable bonds is 5. The lowest BCUT2D eigenvalue weighted by Crippen LogP contribution is -2.41. The number of aromatic nitrogens is 5. The van der Waals surface area contributed by atoms with Crippen LogP contribution in [0.5, 0.6) is 5.75 Å². The fourth-order valence-corrected chi connectivity index (χ4v) is 4.60. The zero-order chi connectivity index (χ0) is 22.8. The molecule has 33 heavy (non-hydrogen) atoms. The summed E-state index contributed by atoms with van der Waals surface area (Å²) in [6.07, 6.45) is 8.54. The van der Waals surface area contributed by atoms with E-state index in [9.17, 15) is 4.79 Å². The van der Waals surface area contributed by atoms with E-state index >= 15 is 0 Å². The van der Waals surface area contributed by atoms with Gasteiger partial charge in [0.2, 0.25) is 5.95 Å². The molecule has 0 unspecified atom stereocenters. The number of hydrogen-bond acceptors (Lipinski definition) is 9. The minimum absolute atomic E-state index is 0.0458. The highest BCUT2D eigenvalue weighted by molar-refractivity contribution is 7.77. The number of likely N-dealkylation sites (tertiary alicyclic amines) is 1. The Morgan fingerprint density at radius 3 is 2.70 bits per heavy atom. The first-order valence-electron chi connectivity index (χ1n) is 11.2. The summed E-state index contributed by atoms with van der Waals surface area (Å²) < 4.78 is 15.1. The number of carbonyl (C=O) groups is 1. The standard InChI is InChI=1S/C21H28N8O3S/c1-31-21(30)27-7-4-16(5-8-27)32-18-17(14-12-22-23-13-14)6-11-29-19(18)25-20(26-29)24-15-2-9-28(33)10-3-15/h6,11-13,15-16,33H,2-5,7-10H2,1H3,(H,22,23)(H,24,26). The van der Waals surface area contributed by atoms with Crippen molar-refractivity contribution in [2.45, 2.75) is 37.8 Å². The van der Waals surface area contributed by atoms with Crippen LogP contribution in [-0.4, -0.2) is 85.5 Å². The number of methoxy groups -OCH3 is 1. The topological polar surface area (TPSA) is 113 Å². The summed E-state index contributed by atoms with van der Waals surface area (Å²) in [5.41, 5.74) is 2.46. The SMILES string of the molecule is COC(=O)N1CCC(Oc2c(-c3cn[nH]c3)ccn3nc(NC4CCN(S)CC4)nc23)CC1. The van der Waals surface area contributed by atoms with Crippen molar-refractivity contribution in [1.82, 2.24) is 34.0 Å². The van der Waals surface area contributed by atoms with E-state index in [4.69, 9.17) is 14.5 Å². The number of amides is 1. The number of ether oxygens (including phenoxy) is 2. The molecule has 5 heterocycles. The molecule has 5 rings (SSSR count). The van der Waals surface area contributed by atoms with Crippen molar-refractivity contribution in [3.63, 3.8) is 0 Å². The molecule has 3 aromatic heterocycles. The molecule has 3 aromatic rings. The van der Waals surface area contributed by atoms with Crippen LogP contribution in [0.2, 0.25) is 0 Å². The van der Waals surface area contributed by atoms with Gasteiger partial charge in [-0.15, -0.1) is 5.10 Å². The second kappa shape index (κ2) is 9.48. The van der Waals surface area contributed by atoms with E-state index in [-0.39, 0.29) is 12.2 Å². The highest BCUT2D eigenvalue weighted by Gasteiger charge is 2.27. The summed E-state index contributed by atoms with van der Waals surface area (Å²) in [7, 11) is 1.40. The zero-order valence-corrected chi connectivity index (χ0v) is 19.4. The molecule has 2 N–H and O–H groups in total. The van der Waals surface area contributed by atoms with Gasteiger partial charge in [0.05, 0.1) is 13.3 Å². The molecule has 0 saturated carbocycles. The Hall–Kier alpha value is -2.99. The predicted octanol–water partition coefficient (Wildman–Crippen LogP) is 2.45. The largest absolute Gasteiger partial charge is 0.486 e. The van der Waals surface area contributed by atoms with Crippen LogP contribution in [0.4, 0.5) is 10.7 Å². The first kappa shape index (κ1) is 21.8. The maximum atomic E-state index is 11.8. The summed E-state index contributed by atoms with van der Waals surface area (Å²) in [6.45, 7) is 3.03.